The Morgan fingerprint density at radius 2 is 2.16 bits per heavy atom. The predicted molar refractivity (Wildman–Crippen MR) is 87.4 cm³/mol. The summed E-state index contributed by atoms with van der Waals surface area (Å²) < 4.78 is 2.00. The van der Waals surface area contributed by atoms with Gasteiger partial charge in [0.05, 0.1) is 5.56 Å². The number of carbonyl (C=O) groups excluding carboxylic acids is 1. The third-order valence-electron chi connectivity index (χ3n) is 4.03. The van der Waals surface area contributed by atoms with E-state index in [1.807, 2.05) is 23.1 Å². The number of benzene rings is 1. The van der Waals surface area contributed by atoms with Crippen molar-refractivity contribution in [2.45, 2.75) is 18.9 Å². The lowest BCUT2D eigenvalue weighted by atomic mass is 10.1. The van der Waals surface area contributed by atoms with Crippen molar-refractivity contribution in [3.05, 3.63) is 31.8 Å². The summed E-state index contributed by atoms with van der Waals surface area (Å²) in [5.41, 5.74) is 0.790. The molecule has 0 radical (unpaired) electrons. The molecule has 1 aromatic carbocycles. The van der Waals surface area contributed by atoms with E-state index in [2.05, 4.69) is 43.4 Å². The van der Waals surface area contributed by atoms with E-state index in [-0.39, 0.29) is 5.91 Å². The maximum absolute atomic E-state index is 12.6. The molecular formula is C14H16BrIN2O. The summed E-state index contributed by atoms with van der Waals surface area (Å²) in [5, 5.41) is 0. The normalized spacial score (nSPS) is 23.5. The molecule has 0 spiro atoms. The number of hydrogen-bond acceptors (Lipinski definition) is 2. The first-order valence-electron chi connectivity index (χ1n) is 6.63. The van der Waals surface area contributed by atoms with Crippen LogP contribution >= 0.6 is 38.5 Å². The number of halogens is 2. The van der Waals surface area contributed by atoms with Crippen molar-refractivity contribution in [1.29, 1.82) is 0 Å². The van der Waals surface area contributed by atoms with Crippen molar-refractivity contribution < 1.29 is 4.79 Å². The van der Waals surface area contributed by atoms with Crippen LogP contribution in [-0.2, 0) is 0 Å². The second-order valence-corrected chi connectivity index (χ2v) is 7.31. The Morgan fingerprint density at radius 3 is 3.00 bits per heavy atom. The Morgan fingerprint density at radius 1 is 1.32 bits per heavy atom. The number of hydrogen-bond donors (Lipinski definition) is 0. The van der Waals surface area contributed by atoms with Crippen LogP contribution in [0.25, 0.3) is 0 Å². The number of nitrogens with zero attached hydrogens (tertiary/aromatic N) is 2. The summed E-state index contributed by atoms with van der Waals surface area (Å²) in [6, 6.07) is 6.52. The van der Waals surface area contributed by atoms with Crippen molar-refractivity contribution in [2.75, 3.05) is 26.2 Å². The van der Waals surface area contributed by atoms with Gasteiger partial charge in [-0.15, -0.1) is 0 Å². The third kappa shape index (κ3) is 2.83. The average molecular weight is 435 g/mol. The Balaban J connectivity index is 1.78. The van der Waals surface area contributed by atoms with Gasteiger partial charge in [0.2, 0.25) is 0 Å². The first-order valence-corrected chi connectivity index (χ1v) is 8.51. The van der Waals surface area contributed by atoms with Crippen LogP contribution in [0.5, 0.6) is 0 Å². The first-order chi connectivity index (χ1) is 9.15. The van der Waals surface area contributed by atoms with E-state index in [4.69, 9.17) is 0 Å². The lowest BCUT2D eigenvalue weighted by molar-refractivity contribution is 0.0570. The van der Waals surface area contributed by atoms with Gasteiger partial charge in [0.1, 0.15) is 0 Å². The molecule has 1 amide bonds. The topological polar surface area (TPSA) is 23.6 Å². The van der Waals surface area contributed by atoms with Crippen LogP contribution in [0.15, 0.2) is 22.7 Å². The molecule has 3 nitrogen and oxygen atoms in total. The highest BCUT2D eigenvalue weighted by atomic mass is 127. The molecule has 5 heteroatoms. The quantitative estimate of drug-likeness (QED) is 0.634. The minimum absolute atomic E-state index is 0.164. The molecule has 1 atom stereocenters. The number of amides is 1. The Kier molecular flexibility index (Phi) is 4.14. The van der Waals surface area contributed by atoms with Crippen LogP contribution in [0, 0.1) is 3.57 Å². The van der Waals surface area contributed by atoms with E-state index >= 15 is 0 Å². The van der Waals surface area contributed by atoms with Gasteiger partial charge in [-0.1, -0.05) is 0 Å². The van der Waals surface area contributed by atoms with Crippen molar-refractivity contribution in [2.24, 2.45) is 0 Å². The third-order valence-corrected chi connectivity index (χ3v) is 5.40. The molecule has 2 aliphatic heterocycles. The van der Waals surface area contributed by atoms with E-state index in [0.717, 1.165) is 33.2 Å². The van der Waals surface area contributed by atoms with Crippen molar-refractivity contribution >= 4 is 44.4 Å². The molecule has 0 saturated carbocycles. The average Bonchev–Trinajstić information content (AvgIpc) is 2.88. The van der Waals surface area contributed by atoms with Crippen LogP contribution in [0.2, 0.25) is 0 Å². The Bertz CT molecular complexity index is 508. The lowest BCUT2D eigenvalue weighted by Gasteiger charge is -2.37. The second-order valence-electron chi connectivity index (χ2n) is 5.21. The number of piperazine rings is 1. The fourth-order valence-electron chi connectivity index (χ4n) is 3.01. The molecule has 2 aliphatic rings. The second kappa shape index (κ2) is 5.69. The predicted octanol–water partition coefficient (Wildman–Crippen LogP) is 2.97. The zero-order valence-corrected chi connectivity index (χ0v) is 14.4. The van der Waals surface area contributed by atoms with E-state index in [1.165, 1.54) is 19.4 Å². The Labute approximate surface area is 135 Å². The molecule has 102 valence electrons. The molecule has 2 saturated heterocycles. The molecule has 0 bridgehead atoms. The number of fused-ring (bicyclic) bond motifs is 1. The standard InChI is InChI=1S/C14H16BrIN2O/c15-13-4-3-10(16)8-12(13)14(19)18-7-6-17-5-1-2-11(17)9-18/h3-4,8,11H,1-2,5-7,9H2. The minimum Gasteiger partial charge on any atom is -0.336 e. The molecular weight excluding hydrogens is 419 g/mol. The van der Waals surface area contributed by atoms with Crippen LogP contribution in [0.1, 0.15) is 23.2 Å². The van der Waals surface area contributed by atoms with Crippen LogP contribution in [-0.4, -0.2) is 47.9 Å². The molecule has 0 aliphatic carbocycles. The summed E-state index contributed by atoms with van der Waals surface area (Å²) in [5.74, 6) is 0.164. The monoisotopic (exact) mass is 434 g/mol. The van der Waals surface area contributed by atoms with Gasteiger partial charge >= 0.3 is 0 Å². The van der Waals surface area contributed by atoms with Crippen molar-refractivity contribution in [3.63, 3.8) is 0 Å². The SMILES string of the molecule is O=C(c1cc(I)ccc1Br)N1CCN2CCCC2C1. The van der Waals surface area contributed by atoms with Gasteiger partial charge in [0.25, 0.3) is 5.91 Å². The molecule has 1 unspecified atom stereocenters. The van der Waals surface area contributed by atoms with E-state index in [0.29, 0.717) is 6.04 Å². The highest BCUT2D eigenvalue weighted by molar-refractivity contribution is 14.1. The van der Waals surface area contributed by atoms with Gasteiger partial charge in [0, 0.05) is 33.7 Å². The first kappa shape index (κ1) is 13.8. The molecule has 0 aromatic heterocycles. The molecule has 1 aromatic rings. The van der Waals surface area contributed by atoms with Gasteiger partial charge in [-0.2, -0.15) is 0 Å². The zero-order chi connectivity index (χ0) is 13.4. The molecule has 2 heterocycles. The summed E-state index contributed by atoms with van der Waals surface area (Å²) in [6.07, 6.45) is 2.51. The fraction of sp³-hybridized carbons (Fsp3) is 0.500. The zero-order valence-electron chi connectivity index (χ0n) is 10.6. The maximum atomic E-state index is 12.6. The van der Waals surface area contributed by atoms with Gasteiger partial charge in [-0.25, -0.2) is 0 Å². The van der Waals surface area contributed by atoms with Gasteiger partial charge in [0.15, 0.2) is 0 Å². The minimum atomic E-state index is 0.164. The smallest absolute Gasteiger partial charge is 0.255 e. The van der Waals surface area contributed by atoms with E-state index in [9.17, 15) is 4.79 Å². The van der Waals surface area contributed by atoms with Crippen molar-refractivity contribution in [3.8, 4) is 0 Å². The van der Waals surface area contributed by atoms with E-state index in [1.54, 1.807) is 0 Å². The highest BCUT2D eigenvalue weighted by Gasteiger charge is 2.33. The Hall–Kier alpha value is -0.140. The molecule has 2 fully saturated rings. The number of rotatable bonds is 1. The van der Waals surface area contributed by atoms with Gasteiger partial charge in [-0.05, 0) is 76.1 Å². The maximum Gasteiger partial charge on any atom is 0.255 e. The summed E-state index contributed by atoms with van der Waals surface area (Å²) >= 11 is 5.74. The van der Waals surface area contributed by atoms with Crippen LogP contribution < -0.4 is 0 Å². The molecule has 3 rings (SSSR count). The highest BCUT2D eigenvalue weighted by Crippen LogP contribution is 2.25. The fourth-order valence-corrected chi connectivity index (χ4v) is 3.91. The molecule has 19 heavy (non-hydrogen) atoms. The molecule has 0 N–H and O–H groups in total. The summed E-state index contributed by atoms with van der Waals surface area (Å²) in [4.78, 5) is 17.2. The van der Waals surface area contributed by atoms with Gasteiger partial charge < -0.3 is 4.90 Å². The number of carbonyl (C=O) groups is 1. The van der Waals surface area contributed by atoms with Crippen molar-refractivity contribution in [1.82, 2.24) is 9.80 Å². The van der Waals surface area contributed by atoms with Crippen LogP contribution in [0.3, 0.4) is 0 Å². The summed E-state index contributed by atoms with van der Waals surface area (Å²) in [6.45, 7) is 3.97. The lowest BCUT2D eigenvalue weighted by Crippen LogP contribution is -2.52. The largest absolute Gasteiger partial charge is 0.336 e. The van der Waals surface area contributed by atoms with Crippen LogP contribution in [0.4, 0.5) is 0 Å². The summed E-state index contributed by atoms with van der Waals surface area (Å²) in [7, 11) is 0. The van der Waals surface area contributed by atoms with E-state index < -0.39 is 0 Å². The van der Waals surface area contributed by atoms with Gasteiger partial charge in [-0.3, -0.25) is 9.69 Å².